The van der Waals surface area contributed by atoms with E-state index in [-0.39, 0.29) is 18.4 Å². The third-order valence-corrected chi connectivity index (χ3v) is 7.05. The number of hydrogen-bond acceptors (Lipinski definition) is 5. The molecule has 0 saturated carbocycles. The quantitative estimate of drug-likeness (QED) is 0.270. The number of hydrogen-bond donors (Lipinski definition) is 0. The minimum absolute atomic E-state index is 0.00326. The maximum Gasteiger partial charge on any atom is 0.242 e. The lowest BCUT2D eigenvalue weighted by molar-refractivity contribution is -0.141. The Hall–Kier alpha value is -2.54. The minimum Gasteiger partial charge on any atom is -0.493 e. The third-order valence-electron chi connectivity index (χ3n) is 6.07. The summed E-state index contributed by atoms with van der Waals surface area (Å²) in [6.45, 7) is 8.20. The Morgan fingerprint density at radius 1 is 0.857 bits per heavy atom. The molecule has 2 rings (SSSR count). The number of benzene rings is 1. The molecule has 0 atom stereocenters. The van der Waals surface area contributed by atoms with Gasteiger partial charge in [0.1, 0.15) is 0 Å². The number of aryl methyl sites for hydroxylation is 1. The van der Waals surface area contributed by atoms with E-state index >= 15 is 0 Å². The number of nitrogens with zero attached hydrogens (tertiary/aromatic N) is 2. The number of ether oxygens (including phenoxy) is 2. The SMILES string of the molecule is CCCCCC(=O)N(CCCC)CC(=O)N(CCc1ccc(OC)c(OC)c1)Cc1ccc(C)s1. The van der Waals surface area contributed by atoms with E-state index in [1.165, 1.54) is 4.88 Å². The normalized spacial score (nSPS) is 10.8. The van der Waals surface area contributed by atoms with Gasteiger partial charge in [0.05, 0.1) is 27.3 Å². The molecule has 0 aliphatic rings. The molecule has 35 heavy (non-hydrogen) atoms. The zero-order valence-electron chi connectivity index (χ0n) is 22.1. The first-order valence-electron chi connectivity index (χ1n) is 12.7. The lowest BCUT2D eigenvalue weighted by Crippen LogP contribution is -2.43. The lowest BCUT2D eigenvalue weighted by atomic mass is 10.1. The lowest BCUT2D eigenvalue weighted by Gasteiger charge is -2.28. The van der Waals surface area contributed by atoms with Crippen LogP contribution in [0, 0.1) is 6.92 Å². The van der Waals surface area contributed by atoms with Gasteiger partial charge in [-0.15, -0.1) is 11.3 Å². The van der Waals surface area contributed by atoms with Crippen molar-refractivity contribution in [3.8, 4) is 11.5 Å². The molecule has 2 amide bonds. The van der Waals surface area contributed by atoms with Crippen molar-refractivity contribution in [2.24, 2.45) is 0 Å². The second-order valence-corrected chi connectivity index (χ2v) is 10.3. The van der Waals surface area contributed by atoms with Gasteiger partial charge in [-0.2, -0.15) is 0 Å². The molecule has 0 aliphatic heterocycles. The van der Waals surface area contributed by atoms with Crippen molar-refractivity contribution < 1.29 is 19.1 Å². The monoisotopic (exact) mass is 502 g/mol. The van der Waals surface area contributed by atoms with E-state index < -0.39 is 0 Å². The van der Waals surface area contributed by atoms with Crippen LogP contribution in [0.15, 0.2) is 30.3 Å². The molecule has 0 bridgehead atoms. The van der Waals surface area contributed by atoms with Gasteiger partial charge >= 0.3 is 0 Å². The summed E-state index contributed by atoms with van der Waals surface area (Å²) >= 11 is 1.71. The molecule has 1 heterocycles. The van der Waals surface area contributed by atoms with Crippen LogP contribution in [-0.2, 0) is 22.6 Å². The number of carbonyl (C=O) groups excluding carboxylic acids is 2. The summed E-state index contributed by atoms with van der Waals surface area (Å²) in [4.78, 5) is 32.4. The third kappa shape index (κ3) is 9.55. The van der Waals surface area contributed by atoms with E-state index in [2.05, 4.69) is 32.9 Å². The van der Waals surface area contributed by atoms with Crippen LogP contribution in [0.4, 0.5) is 0 Å². The van der Waals surface area contributed by atoms with Gasteiger partial charge in [-0.1, -0.05) is 39.2 Å². The standard InChI is InChI=1S/C28H42N2O4S/c1-6-8-10-11-27(31)29(17-9-7-2)21-28(32)30(20-24-14-12-22(3)35-24)18-16-23-13-15-25(33-4)26(19-23)34-5/h12-15,19H,6-11,16-18,20-21H2,1-5H3. The molecule has 0 radical (unpaired) electrons. The predicted molar refractivity (Wildman–Crippen MR) is 143 cm³/mol. The van der Waals surface area contributed by atoms with Gasteiger partial charge in [-0.3, -0.25) is 9.59 Å². The van der Waals surface area contributed by atoms with E-state index in [0.717, 1.165) is 42.5 Å². The van der Waals surface area contributed by atoms with Gasteiger partial charge < -0.3 is 19.3 Å². The Bertz CT molecular complexity index is 927. The van der Waals surface area contributed by atoms with E-state index in [1.54, 1.807) is 30.5 Å². The second kappa shape index (κ2) is 15.5. The molecule has 7 heteroatoms. The van der Waals surface area contributed by atoms with E-state index in [1.807, 2.05) is 23.1 Å². The van der Waals surface area contributed by atoms with Crippen LogP contribution in [0.3, 0.4) is 0 Å². The van der Waals surface area contributed by atoms with E-state index in [0.29, 0.717) is 44.0 Å². The van der Waals surface area contributed by atoms with Crippen molar-refractivity contribution in [3.05, 3.63) is 45.6 Å². The van der Waals surface area contributed by atoms with Gasteiger partial charge in [-0.05, 0) is 56.0 Å². The molecule has 0 unspecified atom stereocenters. The summed E-state index contributed by atoms with van der Waals surface area (Å²) in [7, 11) is 3.24. The molecule has 0 spiro atoms. The first kappa shape index (κ1) is 28.7. The van der Waals surface area contributed by atoms with Crippen LogP contribution in [0.25, 0.3) is 0 Å². The molecule has 194 valence electrons. The number of carbonyl (C=O) groups is 2. The largest absolute Gasteiger partial charge is 0.493 e. The van der Waals surface area contributed by atoms with Gasteiger partial charge in [-0.25, -0.2) is 0 Å². The molecule has 1 aromatic carbocycles. The van der Waals surface area contributed by atoms with E-state index in [4.69, 9.17) is 9.47 Å². The zero-order valence-corrected chi connectivity index (χ0v) is 22.9. The fourth-order valence-corrected chi connectivity index (χ4v) is 4.84. The van der Waals surface area contributed by atoms with Crippen molar-refractivity contribution in [3.63, 3.8) is 0 Å². The van der Waals surface area contributed by atoms with Gasteiger partial charge in [0.25, 0.3) is 0 Å². The highest BCUT2D eigenvalue weighted by Crippen LogP contribution is 2.28. The Kier molecular flexibility index (Phi) is 12.7. The maximum absolute atomic E-state index is 13.5. The zero-order chi connectivity index (χ0) is 25.6. The fraction of sp³-hybridized carbons (Fsp3) is 0.571. The fourth-order valence-electron chi connectivity index (χ4n) is 3.94. The first-order chi connectivity index (χ1) is 16.9. The van der Waals surface area contributed by atoms with Crippen molar-refractivity contribution in [1.82, 2.24) is 9.80 Å². The van der Waals surface area contributed by atoms with Crippen molar-refractivity contribution in [1.29, 1.82) is 0 Å². The number of amides is 2. The van der Waals surface area contributed by atoms with Crippen LogP contribution < -0.4 is 9.47 Å². The first-order valence-corrected chi connectivity index (χ1v) is 13.5. The Labute approximate surface area is 215 Å². The topological polar surface area (TPSA) is 59.1 Å². The number of thiophene rings is 1. The van der Waals surface area contributed by atoms with Crippen molar-refractivity contribution in [2.75, 3.05) is 33.9 Å². The highest BCUT2D eigenvalue weighted by molar-refractivity contribution is 7.11. The summed E-state index contributed by atoms with van der Waals surface area (Å²) in [5.74, 6) is 1.45. The highest BCUT2D eigenvalue weighted by atomic mass is 32.1. The Morgan fingerprint density at radius 3 is 2.23 bits per heavy atom. The second-order valence-electron chi connectivity index (χ2n) is 8.89. The molecule has 0 saturated heterocycles. The summed E-state index contributed by atoms with van der Waals surface area (Å²) in [5, 5.41) is 0. The molecular formula is C28H42N2O4S. The summed E-state index contributed by atoms with van der Waals surface area (Å²) < 4.78 is 10.8. The summed E-state index contributed by atoms with van der Waals surface area (Å²) in [5.41, 5.74) is 1.07. The van der Waals surface area contributed by atoms with Crippen LogP contribution in [0.1, 0.15) is 67.7 Å². The van der Waals surface area contributed by atoms with E-state index in [9.17, 15) is 9.59 Å². The van der Waals surface area contributed by atoms with Crippen LogP contribution in [0.2, 0.25) is 0 Å². The number of methoxy groups -OCH3 is 2. The average molecular weight is 503 g/mol. The van der Waals surface area contributed by atoms with Crippen molar-refractivity contribution in [2.45, 2.75) is 72.3 Å². The Balaban J connectivity index is 2.14. The summed E-state index contributed by atoms with van der Waals surface area (Å²) in [6, 6.07) is 10.0. The minimum atomic E-state index is -0.00326. The van der Waals surface area contributed by atoms with Crippen LogP contribution in [0.5, 0.6) is 11.5 Å². The number of rotatable bonds is 16. The smallest absolute Gasteiger partial charge is 0.242 e. The molecule has 1 aromatic heterocycles. The van der Waals surface area contributed by atoms with Gasteiger partial charge in [0, 0.05) is 29.3 Å². The molecule has 0 aliphatic carbocycles. The molecule has 0 N–H and O–H groups in total. The van der Waals surface area contributed by atoms with Gasteiger partial charge in [0.2, 0.25) is 11.8 Å². The molecule has 2 aromatic rings. The molecule has 6 nitrogen and oxygen atoms in total. The van der Waals surface area contributed by atoms with Crippen LogP contribution in [-0.4, -0.2) is 55.5 Å². The number of unbranched alkanes of at least 4 members (excludes halogenated alkanes) is 3. The average Bonchev–Trinajstić information content (AvgIpc) is 3.28. The molecular weight excluding hydrogens is 460 g/mol. The molecule has 0 fully saturated rings. The Morgan fingerprint density at radius 2 is 1.60 bits per heavy atom. The highest BCUT2D eigenvalue weighted by Gasteiger charge is 2.22. The summed E-state index contributed by atoms with van der Waals surface area (Å²) in [6.07, 6.45) is 6.09. The van der Waals surface area contributed by atoms with Crippen LogP contribution >= 0.6 is 11.3 Å². The van der Waals surface area contributed by atoms with Crippen molar-refractivity contribution >= 4 is 23.2 Å². The maximum atomic E-state index is 13.5. The van der Waals surface area contributed by atoms with Gasteiger partial charge in [0.15, 0.2) is 11.5 Å². The predicted octanol–water partition coefficient (Wildman–Crippen LogP) is 5.85.